The van der Waals surface area contributed by atoms with Crippen LogP contribution < -0.4 is 5.73 Å². The number of hydrogen-bond donors (Lipinski definition) is 2. The van der Waals surface area contributed by atoms with Crippen LogP contribution in [-0.4, -0.2) is 31.4 Å². The highest BCUT2D eigenvalue weighted by atomic mass is 35.5. The average molecular weight is 129 g/mol. The van der Waals surface area contributed by atoms with Crippen molar-refractivity contribution in [3.05, 3.63) is 0 Å². The smallest absolute Gasteiger partial charge is 0.0121 e. The average Bonchev–Trinajstić information content (AvgIpc) is 1.41. The lowest BCUT2D eigenvalue weighted by molar-refractivity contribution is -0.0372. The summed E-state index contributed by atoms with van der Waals surface area (Å²) >= 11 is 0. The summed E-state index contributed by atoms with van der Waals surface area (Å²) in [5.41, 5.74) is 4.50. The summed E-state index contributed by atoms with van der Waals surface area (Å²) in [6, 6.07) is 0. The van der Waals surface area contributed by atoms with Gasteiger partial charge in [-0.15, -0.1) is 12.4 Å². The fourth-order valence-corrected chi connectivity index (χ4v) is 0. The van der Waals surface area contributed by atoms with Crippen LogP contribution in [-0.2, 0) is 0 Å². The molecule has 3 N–H and O–H groups in total. The van der Waals surface area contributed by atoms with Gasteiger partial charge in [-0.1, -0.05) is 0 Å². The molecule has 7 heavy (non-hydrogen) atoms. The van der Waals surface area contributed by atoms with Crippen molar-refractivity contribution in [3.8, 4) is 0 Å². The molecule has 0 unspecified atom stereocenters. The molecule has 0 aromatic rings. The van der Waals surface area contributed by atoms with Crippen LogP contribution in [0, 0.1) is 0 Å². The quantitative estimate of drug-likeness (QED) is 0.450. The van der Waals surface area contributed by atoms with Gasteiger partial charge in [0.1, 0.15) is 0 Å². The fourth-order valence-electron chi connectivity index (χ4n) is 0. The summed E-state index contributed by atoms with van der Waals surface area (Å²) in [6.45, 7) is 0. The summed E-state index contributed by atoms with van der Waals surface area (Å²) < 4.78 is 0. The Hall–Kier alpha value is 0.170. The lowest BCUT2D eigenvalue weighted by Crippen LogP contribution is -2.01. The molecular weight excluding hydrogens is 115 g/mol. The Bertz CT molecular complexity index is 17.7. The van der Waals surface area contributed by atoms with Crippen molar-refractivity contribution in [3.63, 3.8) is 0 Å². The second-order valence-corrected chi connectivity index (χ2v) is 0.847. The van der Waals surface area contributed by atoms with Crippen molar-refractivity contribution in [2.75, 3.05) is 21.1 Å². The molecule has 0 spiro atoms. The zero-order valence-corrected chi connectivity index (χ0v) is 5.70. The SMILES string of the molecule is CN.CN(C)O.Cl. The lowest BCUT2D eigenvalue weighted by Gasteiger charge is -1.89. The molecule has 48 valence electrons. The van der Waals surface area contributed by atoms with Gasteiger partial charge in [0, 0.05) is 14.1 Å². The van der Waals surface area contributed by atoms with Crippen LogP contribution in [0.3, 0.4) is 0 Å². The first-order valence-corrected chi connectivity index (χ1v) is 1.67. The third kappa shape index (κ3) is 3710. The molecular formula is C3H13ClN2O. The highest BCUT2D eigenvalue weighted by Gasteiger charge is 1.59. The zero-order valence-electron chi connectivity index (χ0n) is 4.88. The zero-order chi connectivity index (χ0) is 5.58. The molecule has 3 nitrogen and oxygen atoms in total. The van der Waals surface area contributed by atoms with Crippen LogP contribution in [0.2, 0.25) is 0 Å². The van der Waals surface area contributed by atoms with Crippen molar-refractivity contribution >= 4 is 12.4 Å². The van der Waals surface area contributed by atoms with Crippen LogP contribution in [0.15, 0.2) is 0 Å². The molecule has 0 aromatic heterocycles. The normalized spacial score (nSPS) is 6.00. The summed E-state index contributed by atoms with van der Waals surface area (Å²) in [4.78, 5) is 0. The van der Waals surface area contributed by atoms with Crippen LogP contribution in [0.1, 0.15) is 0 Å². The molecule has 0 aliphatic carbocycles. The molecule has 0 atom stereocenters. The minimum atomic E-state index is 0. The number of nitrogens with zero attached hydrogens (tertiary/aromatic N) is 1. The topological polar surface area (TPSA) is 49.5 Å². The molecule has 0 saturated heterocycles. The maximum Gasteiger partial charge on any atom is 0.0121 e. The Labute approximate surface area is 50.5 Å². The maximum atomic E-state index is 7.89. The maximum absolute atomic E-state index is 7.89. The van der Waals surface area contributed by atoms with Gasteiger partial charge in [0.05, 0.1) is 0 Å². The van der Waals surface area contributed by atoms with Crippen molar-refractivity contribution in [2.24, 2.45) is 5.73 Å². The van der Waals surface area contributed by atoms with E-state index in [0.717, 1.165) is 5.06 Å². The van der Waals surface area contributed by atoms with Gasteiger partial charge in [-0.25, -0.2) is 0 Å². The van der Waals surface area contributed by atoms with E-state index in [9.17, 15) is 0 Å². The van der Waals surface area contributed by atoms with Gasteiger partial charge >= 0.3 is 0 Å². The summed E-state index contributed by atoms with van der Waals surface area (Å²) in [7, 11) is 4.61. The van der Waals surface area contributed by atoms with E-state index in [2.05, 4.69) is 5.73 Å². The minimum absolute atomic E-state index is 0. The predicted octanol–water partition coefficient (Wildman–Crippen LogP) is -0.0661. The standard InChI is InChI=1S/C2H7NO.CH5N.ClH/c1-3(2)4;1-2;/h4H,1-2H3;2H2,1H3;1H. The van der Waals surface area contributed by atoms with Crippen LogP contribution in [0.4, 0.5) is 0 Å². The fraction of sp³-hybridized carbons (Fsp3) is 1.00. The van der Waals surface area contributed by atoms with Crippen molar-refractivity contribution < 1.29 is 5.21 Å². The predicted molar refractivity (Wildman–Crippen MR) is 32.8 cm³/mol. The van der Waals surface area contributed by atoms with E-state index in [4.69, 9.17) is 5.21 Å². The van der Waals surface area contributed by atoms with Gasteiger partial charge < -0.3 is 10.9 Å². The summed E-state index contributed by atoms with van der Waals surface area (Å²) in [6.07, 6.45) is 0. The number of nitrogens with two attached hydrogens (primary N) is 1. The van der Waals surface area contributed by atoms with E-state index in [-0.39, 0.29) is 12.4 Å². The van der Waals surface area contributed by atoms with E-state index in [0.29, 0.717) is 0 Å². The molecule has 0 aliphatic heterocycles. The van der Waals surface area contributed by atoms with E-state index in [1.807, 2.05) is 0 Å². The van der Waals surface area contributed by atoms with Gasteiger partial charge in [-0.3, -0.25) is 0 Å². The molecule has 0 bridgehead atoms. The number of hydrogen-bond acceptors (Lipinski definition) is 3. The highest BCUT2D eigenvalue weighted by molar-refractivity contribution is 5.85. The van der Waals surface area contributed by atoms with Gasteiger partial charge in [0.25, 0.3) is 0 Å². The molecule has 0 rings (SSSR count). The Morgan fingerprint density at radius 3 is 1.29 bits per heavy atom. The van der Waals surface area contributed by atoms with Crippen molar-refractivity contribution in [2.45, 2.75) is 0 Å². The first-order chi connectivity index (χ1) is 2.73. The van der Waals surface area contributed by atoms with Crippen LogP contribution >= 0.6 is 12.4 Å². The molecule has 0 saturated carbocycles. The van der Waals surface area contributed by atoms with Gasteiger partial charge in [0.2, 0.25) is 0 Å². The van der Waals surface area contributed by atoms with Crippen LogP contribution in [0.5, 0.6) is 0 Å². The van der Waals surface area contributed by atoms with Gasteiger partial charge in [-0.05, 0) is 7.05 Å². The van der Waals surface area contributed by atoms with E-state index >= 15 is 0 Å². The Balaban J connectivity index is -0.0000000480. The monoisotopic (exact) mass is 128 g/mol. The minimum Gasteiger partial charge on any atom is -0.333 e. The first-order valence-electron chi connectivity index (χ1n) is 1.67. The molecule has 0 aliphatic rings. The molecule has 0 amide bonds. The lowest BCUT2D eigenvalue weighted by atomic mass is 11.2. The summed E-state index contributed by atoms with van der Waals surface area (Å²) in [5, 5.41) is 8.89. The Morgan fingerprint density at radius 1 is 1.29 bits per heavy atom. The summed E-state index contributed by atoms with van der Waals surface area (Å²) in [5.74, 6) is 0. The van der Waals surface area contributed by atoms with E-state index in [1.54, 1.807) is 14.1 Å². The van der Waals surface area contributed by atoms with E-state index < -0.39 is 0 Å². The number of rotatable bonds is 0. The molecule has 4 heteroatoms. The van der Waals surface area contributed by atoms with Crippen molar-refractivity contribution in [1.29, 1.82) is 0 Å². The van der Waals surface area contributed by atoms with E-state index in [1.165, 1.54) is 7.05 Å². The van der Waals surface area contributed by atoms with Crippen molar-refractivity contribution in [1.82, 2.24) is 5.06 Å². The largest absolute Gasteiger partial charge is 0.333 e. The first kappa shape index (κ1) is 15.7. The third-order valence-corrected chi connectivity index (χ3v) is 0. The Morgan fingerprint density at radius 2 is 1.29 bits per heavy atom. The third-order valence-electron chi connectivity index (χ3n) is 0. The Kier molecular flexibility index (Phi) is 36.8. The molecule has 0 aromatic carbocycles. The second kappa shape index (κ2) is 16.4. The van der Waals surface area contributed by atoms with Gasteiger partial charge in [-0.2, -0.15) is 5.06 Å². The number of halogens is 1. The van der Waals surface area contributed by atoms with Crippen LogP contribution in [0.25, 0.3) is 0 Å². The number of hydroxylamine groups is 2. The molecule has 0 radical (unpaired) electrons. The molecule has 0 fully saturated rings. The molecule has 0 heterocycles. The second-order valence-electron chi connectivity index (χ2n) is 0.847. The highest BCUT2D eigenvalue weighted by Crippen LogP contribution is 1.46. The van der Waals surface area contributed by atoms with Gasteiger partial charge in [0.15, 0.2) is 0 Å².